The first-order valence-electron chi connectivity index (χ1n) is 8.02. The molecule has 0 aliphatic carbocycles. The van der Waals surface area contributed by atoms with Crippen molar-refractivity contribution in [2.24, 2.45) is 0 Å². The lowest BCUT2D eigenvalue weighted by Gasteiger charge is -2.31. The second kappa shape index (κ2) is 5.62. The van der Waals surface area contributed by atoms with E-state index in [1.54, 1.807) is 11.3 Å². The average molecular weight is 345 g/mol. The van der Waals surface area contributed by atoms with Crippen LogP contribution in [0.15, 0.2) is 6.07 Å². The van der Waals surface area contributed by atoms with Crippen molar-refractivity contribution in [3.63, 3.8) is 0 Å². The lowest BCUT2D eigenvalue weighted by Crippen LogP contribution is -2.44. The van der Waals surface area contributed by atoms with Crippen LogP contribution in [0.2, 0.25) is 0 Å². The zero-order chi connectivity index (χ0) is 16.8. The molecule has 3 aromatic rings. The van der Waals surface area contributed by atoms with Gasteiger partial charge in [-0.1, -0.05) is 0 Å². The van der Waals surface area contributed by atoms with Gasteiger partial charge in [-0.25, -0.2) is 9.78 Å². The van der Waals surface area contributed by atoms with Gasteiger partial charge in [0.1, 0.15) is 4.83 Å². The number of aromatic amines is 1. The van der Waals surface area contributed by atoms with Gasteiger partial charge in [0, 0.05) is 30.2 Å². The normalized spacial score (nSPS) is 18.4. The van der Waals surface area contributed by atoms with E-state index in [0.717, 1.165) is 44.8 Å². The lowest BCUT2D eigenvalue weighted by molar-refractivity contribution is 0.133. The quantitative estimate of drug-likeness (QED) is 0.662. The number of hydrogen-bond acceptors (Lipinski definition) is 5. The Bertz CT molecular complexity index is 931. The van der Waals surface area contributed by atoms with Crippen LogP contribution in [0.1, 0.15) is 24.1 Å². The van der Waals surface area contributed by atoms with E-state index in [-0.39, 0.29) is 6.04 Å². The molecule has 1 unspecified atom stereocenters. The summed E-state index contributed by atoms with van der Waals surface area (Å²) in [7, 11) is 0. The number of likely N-dealkylation sites (tertiary alicyclic amines) is 1. The first-order valence-corrected chi connectivity index (χ1v) is 8.84. The monoisotopic (exact) mass is 345 g/mol. The summed E-state index contributed by atoms with van der Waals surface area (Å²) in [6.07, 6.45) is 0.953. The number of carboxylic acid groups (broad SMARTS) is 1. The molecule has 4 rings (SSSR count). The molecule has 0 spiro atoms. The Morgan fingerprint density at radius 3 is 3.12 bits per heavy atom. The van der Waals surface area contributed by atoms with Crippen LogP contribution < -0.4 is 5.32 Å². The van der Waals surface area contributed by atoms with Gasteiger partial charge >= 0.3 is 6.09 Å². The summed E-state index contributed by atoms with van der Waals surface area (Å²) in [5.74, 6) is 0.794. The number of rotatable bonds is 2. The average Bonchev–Trinajstić information content (AvgIpc) is 3.07. The summed E-state index contributed by atoms with van der Waals surface area (Å²) in [5.41, 5.74) is 3.21. The number of H-pyrrole nitrogens is 1. The maximum atomic E-state index is 11.2. The molecule has 1 atom stereocenters. The highest BCUT2D eigenvalue weighted by molar-refractivity contribution is 7.26. The van der Waals surface area contributed by atoms with Crippen LogP contribution in [-0.4, -0.2) is 50.4 Å². The fourth-order valence-corrected chi connectivity index (χ4v) is 4.64. The van der Waals surface area contributed by atoms with Gasteiger partial charge in [-0.2, -0.15) is 5.10 Å². The summed E-state index contributed by atoms with van der Waals surface area (Å²) in [6, 6.07) is 2.16. The van der Waals surface area contributed by atoms with Crippen molar-refractivity contribution in [3.05, 3.63) is 17.3 Å². The predicted molar refractivity (Wildman–Crippen MR) is 95.0 cm³/mol. The van der Waals surface area contributed by atoms with Gasteiger partial charge in [-0.05, 0) is 38.3 Å². The number of fused-ring (bicyclic) bond motifs is 3. The maximum absolute atomic E-state index is 11.2. The first-order chi connectivity index (χ1) is 11.5. The molecular formula is C16H19N5O2S. The van der Waals surface area contributed by atoms with E-state index < -0.39 is 6.09 Å². The third kappa shape index (κ3) is 2.47. The molecule has 24 heavy (non-hydrogen) atoms. The lowest BCUT2D eigenvalue weighted by atomic mass is 10.1. The zero-order valence-corrected chi connectivity index (χ0v) is 14.4. The van der Waals surface area contributed by atoms with Gasteiger partial charge in [0.25, 0.3) is 0 Å². The van der Waals surface area contributed by atoms with Crippen molar-refractivity contribution in [2.45, 2.75) is 32.7 Å². The highest BCUT2D eigenvalue weighted by Crippen LogP contribution is 2.37. The highest BCUT2D eigenvalue weighted by Gasteiger charge is 2.25. The molecule has 0 radical (unpaired) electrons. The molecule has 1 aliphatic heterocycles. The minimum atomic E-state index is -0.856. The number of aromatic nitrogens is 3. The molecule has 1 fully saturated rings. The number of carbonyl (C=O) groups is 1. The van der Waals surface area contributed by atoms with Crippen LogP contribution in [-0.2, 0) is 0 Å². The minimum absolute atomic E-state index is 0.0855. The minimum Gasteiger partial charge on any atom is -0.465 e. The van der Waals surface area contributed by atoms with Crippen LogP contribution in [0.3, 0.4) is 0 Å². The van der Waals surface area contributed by atoms with Crippen LogP contribution in [0.4, 0.5) is 10.6 Å². The number of nitrogens with one attached hydrogen (secondary N) is 2. The SMILES string of the molecule is Cc1cc(C)c2c(n1)sc1c(NC3CCCN(C(=O)O)C3)n[nH]c12. The van der Waals surface area contributed by atoms with Crippen molar-refractivity contribution < 1.29 is 9.90 Å². The predicted octanol–water partition coefficient (Wildman–Crippen LogP) is 3.34. The Balaban J connectivity index is 1.68. The number of amides is 1. The van der Waals surface area contributed by atoms with Gasteiger partial charge in [-0.3, -0.25) is 5.10 Å². The second-order valence-corrected chi connectivity index (χ2v) is 7.35. The van der Waals surface area contributed by atoms with Crippen molar-refractivity contribution in [2.75, 3.05) is 18.4 Å². The Kier molecular flexibility index (Phi) is 3.56. The van der Waals surface area contributed by atoms with Gasteiger partial charge in [0.05, 0.1) is 10.2 Å². The molecule has 3 N–H and O–H groups in total. The fraction of sp³-hybridized carbons (Fsp3) is 0.438. The standard InChI is InChI=1S/C16H19N5O2S/c1-8-6-9(2)17-15-11(8)12-13(24-15)14(20-19-12)18-10-4-3-5-21(7-10)16(22)23/h6,10H,3-5,7H2,1-2H3,(H,22,23)(H2,18,19,20). The molecular weight excluding hydrogens is 326 g/mol. The Hall–Kier alpha value is -2.35. The number of anilines is 1. The Labute approximate surface area is 142 Å². The molecule has 8 heteroatoms. The third-order valence-electron chi connectivity index (χ3n) is 4.51. The third-order valence-corrected chi connectivity index (χ3v) is 5.60. The summed E-state index contributed by atoms with van der Waals surface area (Å²) < 4.78 is 1.05. The van der Waals surface area contributed by atoms with Crippen molar-refractivity contribution in [1.29, 1.82) is 0 Å². The molecule has 0 bridgehead atoms. The first kappa shape index (κ1) is 15.2. The van der Waals surface area contributed by atoms with Gasteiger partial charge < -0.3 is 15.3 Å². The van der Waals surface area contributed by atoms with Crippen LogP contribution in [0.5, 0.6) is 0 Å². The number of aryl methyl sites for hydroxylation is 2. The molecule has 7 nitrogen and oxygen atoms in total. The molecule has 1 aliphatic rings. The van der Waals surface area contributed by atoms with E-state index in [0.29, 0.717) is 13.1 Å². The number of thiophene rings is 1. The highest BCUT2D eigenvalue weighted by atomic mass is 32.1. The smallest absolute Gasteiger partial charge is 0.407 e. The molecule has 0 saturated carbocycles. The molecule has 126 valence electrons. The molecule has 1 amide bonds. The fourth-order valence-electron chi connectivity index (χ4n) is 3.44. The number of nitrogens with zero attached hydrogens (tertiary/aromatic N) is 3. The van der Waals surface area contributed by atoms with E-state index in [1.807, 2.05) is 6.92 Å². The summed E-state index contributed by atoms with van der Waals surface area (Å²) in [4.78, 5) is 18.3. The van der Waals surface area contributed by atoms with Crippen molar-refractivity contribution in [3.8, 4) is 0 Å². The van der Waals surface area contributed by atoms with Crippen molar-refractivity contribution in [1.82, 2.24) is 20.1 Å². The van der Waals surface area contributed by atoms with E-state index in [2.05, 4.69) is 33.5 Å². The number of piperidine rings is 1. The molecule has 1 saturated heterocycles. The zero-order valence-electron chi connectivity index (χ0n) is 13.6. The largest absolute Gasteiger partial charge is 0.465 e. The molecule has 3 aromatic heterocycles. The number of hydrogen-bond donors (Lipinski definition) is 3. The van der Waals surface area contributed by atoms with E-state index in [1.165, 1.54) is 10.5 Å². The summed E-state index contributed by atoms with van der Waals surface area (Å²) in [6.45, 7) is 5.18. The Morgan fingerprint density at radius 1 is 1.50 bits per heavy atom. The maximum Gasteiger partial charge on any atom is 0.407 e. The van der Waals surface area contributed by atoms with Crippen LogP contribution in [0.25, 0.3) is 20.4 Å². The van der Waals surface area contributed by atoms with Crippen LogP contribution in [0, 0.1) is 13.8 Å². The van der Waals surface area contributed by atoms with Gasteiger partial charge in [0.2, 0.25) is 0 Å². The number of pyridine rings is 1. The second-order valence-electron chi connectivity index (χ2n) is 6.35. The molecule has 0 aromatic carbocycles. The van der Waals surface area contributed by atoms with E-state index >= 15 is 0 Å². The Morgan fingerprint density at radius 2 is 2.33 bits per heavy atom. The van der Waals surface area contributed by atoms with E-state index in [9.17, 15) is 9.90 Å². The molecule has 4 heterocycles. The van der Waals surface area contributed by atoms with E-state index in [4.69, 9.17) is 0 Å². The van der Waals surface area contributed by atoms with Crippen molar-refractivity contribution >= 4 is 43.7 Å². The van der Waals surface area contributed by atoms with Crippen LogP contribution >= 0.6 is 11.3 Å². The van der Waals surface area contributed by atoms with Gasteiger partial charge in [0.15, 0.2) is 5.82 Å². The summed E-state index contributed by atoms with van der Waals surface area (Å²) in [5, 5.41) is 21.3. The topological polar surface area (TPSA) is 94.1 Å². The van der Waals surface area contributed by atoms with Gasteiger partial charge in [-0.15, -0.1) is 11.3 Å². The summed E-state index contributed by atoms with van der Waals surface area (Å²) >= 11 is 1.62.